The minimum absolute atomic E-state index is 0.238. The maximum absolute atomic E-state index is 12.6. The van der Waals surface area contributed by atoms with E-state index in [-0.39, 0.29) is 11.3 Å². The number of aliphatic hydroxyl groups is 1. The molecule has 0 aliphatic heterocycles. The molecule has 1 aliphatic carbocycles. The summed E-state index contributed by atoms with van der Waals surface area (Å²) in [5, 5.41) is 22.2. The van der Waals surface area contributed by atoms with Crippen molar-refractivity contribution in [2.24, 2.45) is 0 Å². The topological polar surface area (TPSA) is 151 Å². The zero-order chi connectivity index (χ0) is 21.0. The Morgan fingerprint density at radius 1 is 1.24 bits per heavy atom. The fourth-order valence-electron chi connectivity index (χ4n) is 3.43. The maximum atomic E-state index is 12.6. The molecule has 0 saturated heterocycles. The first-order valence-electron chi connectivity index (χ1n) is 9.10. The first-order chi connectivity index (χ1) is 13.8. The second-order valence-corrected chi connectivity index (χ2v) is 6.80. The van der Waals surface area contributed by atoms with Crippen LogP contribution in [-0.2, 0) is 4.79 Å². The summed E-state index contributed by atoms with van der Waals surface area (Å²) in [6, 6.07) is 6.09. The molecule has 0 radical (unpaired) electrons. The molecular weight excluding hydrogens is 382 g/mol. The molecule has 1 saturated carbocycles. The monoisotopic (exact) mass is 403 g/mol. The van der Waals surface area contributed by atoms with Crippen molar-refractivity contribution in [3.63, 3.8) is 0 Å². The highest BCUT2D eigenvalue weighted by Gasteiger charge is 2.34. The van der Waals surface area contributed by atoms with Crippen molar-refractivity contribution in [3.8, 4) is 5.75 Å². The molecule has 0 spiro atoms. The molecule has 10 nitrogen and oxygen atoms in total. The van der Waals surface area contributed by atoms with Crippen molar-refractivity contribution in [2.75, 3.05) is 6.61 Å². The second-order valence-electron chi connectivity index (χ2n) is 6.80. The number of carbonyl (C=O) groups excluding carboxylic acids is 1. The van der Waals surface area contributed by atoms with Crippen molar-refractivity contribution in [3.05, 3.63) is 62.9 Å². The number of ether oxygens (including phenoxy) is 1. The van der Waals surface area contributed by atoms with Crippen LogP contribution in [0, 0.1) is 0 Å². The van der Waals surface area contributed by atoms with Gasteiger partial charge in [-0.05, 0) is 37.5 Å². The van der Waals surface area contributed by atoms with E-state index >= 15 is 0 Å². The number of rotatable bonds is 6. The predicted octanol–water partition coefficient (Wildman–Crippen LogP) is -0.115. The number of nitrogens with zero attached hydrogens (tertiary/aromatic N) is 1. The Morgan fingerprint density at radius 3 is 2.76 bits per heavy atom. The highest BCUT2D eigenvalue weighted by molar-refractivity contribution is 5.94. The van der Waals surface area contributed by atoms with Gasteiger partial charge in [-0.15, -0.1) is 0 Å². The number of carbonyl (C=O) groups is 2. The summed E-state index contributed by atoms with van der Waals surface area (Å²) in [7, 11) is 0. The Labute approximate surface area is 164 Å². The molecule has 1 aromatic carbocycles. The highest BCUT2D eigenvalue weighted by atomic mass is 16.5. The van der Waals surface area contributed by atoms with Crippen molar-refractivity contribution < 1.29 is 24.5 Å². The number of benzene rings is 1. The Balaban J connectivity index is 1.71. The molecule has 154 valence electrons. The summed E-state index contributed by atoms with van der Waals surface area (Å²) in [4.78, 5) is 48.6. The van der Waals surface area contributed by atoms with Gasteiger partial charge in [0.05, 0.1) is 18.2 Å². The van der Waals surface area contributed by atoms with Crippen LogP contribution in [0.15, 0.2) is 46.1 Å². The van der Waals surface area contributed by atoms with Crippen molar-refractivity contribution in [1.29, 1.82) is 0 Å². The van der Waals surface area contributed by atoms with Crippen LogP contribution < -0.4 is 21.3 Å². The molecule has 3 atom stereocenters. The van der Waals surface area contributed by atoms with E-state index in [1.54, 1.807) is 12.1 Å². The molecule has 4 N–H and O–H groups in total. The Bertz CT molecular complexity index is 1010. The van der Waals surface area contributed by atoms with Crippen LogP contribution in [0.4, 0.5) is 0 Å². The van der Waals surface area contributed by atoms with Gasteiger partial charge in [-0.1, -0.05) is 6.07 Å². The summed E-state index contributed by atoms with van der Waals surface area (Å²) in [6.07, 6.45) is 2.03. The summed E-state index contributed by atoms with van der Waals surface area (Å²) < 4.78 is 6.34. The highest BCUT2D eigenvalue weighted by Crippen LogP contribution is 2.28. The van der Waals surface area contributed by atoms with E-state index in [2.05, 4.69) is 10.3 Å². The molecule has 1 aliphatic rings. The van der Waals surface area contributed by atoms with Crippen molar-refractivity contribution in [2.45, 2.75) is 37.5 Å². The number of aliphatic hydroxyl groups excluding tert-OH is 1. The van der Waals surface area contributed by atoms with E-state index < -0.39 is 47.9 Å². The summed E-state index contributed by atoms with van der Waals surface area (Å²) in [5.74, 6) is -1.35. The van der Waals surface area contributed by atoms with Crippen molar-refractivity contribution in [1.82, 2.24) is 14.9 Å². The molecule has 1 heterocycles. The van der Waals surface area contributed by atoms with Crippen LogP contribution in [0.5, 0.6) is 5.75 Å². The average Bonchev–Trinajstić information content (AvgIpc) is 2.69. The van der Waals surface area contributed by atoms with E-state index in [4.69, 9.17) is 9.84 Å². The van der Waals surface area contributed by atoms with E-state index in [9.17, 15) is 24.3 Å². The number of carboxylic acid groups (broad SMARTS) is 1. The SMILES string of the molecule is O=C(O)COc1cccc(C(=O)N[C@H]2CCC[C@H](n3ccc(=O)[nH]c3=O)[C@H]2O)c1. The number of H-pyrrole nitrogens is 1. The smallest absolute Gasteiger partial charge is 0.341 e. The first kappa shape index (κ1) is 20.3. The number of hydrogen-bond donors (Lipinski definition) is 4. The lowest BCUT2D eigenvalue weighted by Crippen LogP contribution is -2.51. The Hall–Kier alpha value is -3.40. The van der Waals surface area contributed by atoms with Crippen molar-refractivity contribution >= 4 is 11.9 Å². The van der Waals surface area contributed by atoms with E-state index in [1.807, 2.05) is 0 Å². The van der Waals surface area contributed by atoms with Gasteiger partial charge >= 0.3 is 11.7 Å². The molecule has 1 fully saturated rings. The third-order valence-corrected chi connectivity index (χ3v) is 4.80. The number of amides is 1. The van der Waals surface area contributed by atoms with Crippen LogP contribution >= 0.6 is 0 Å². The normalized spacial score (nSPS) is 21.3. The van der Waals surface area contributed by atoms with E-state index in [0.29, 0.717) is 19.3 Å². The van der Waals surface area contributed by atoms with Crippen LogP contribution in [0.1, 0.15) is 35.7 Å². The van der Waals surface area contributed by atoms with Gasteiger partial charge in [-0.2, -0.15) is 0 Å². The minimum atomic E-state index is -1.13. The molecule has 1 amide bonds. The van der Waals surface area contributed by atoms with Crippen LogP contribution in [0.3, 0.4) is 0 Å². The fraction of sp³-hybridized carbons (Fsp3) is 0.368. The standard InChI is InChI=1S/C19H21N3O7/c23-15-7-8-22(19(28)21-15)14-6-2-5-13(17(14)26)20-18(27)11-3-1-4-12(9-11)29-10-16(24)25/h1,3-4,7-9,13-14,17,26H,2,5-6,10H2,(H,20,27)(H,24,25)(H,21,23,28)/t13-,14-,17-/m0/s1. The number of carboxylic acids is 1. The van der Waals surface area contributed by atoms with Crippen LogP contribution in [0.25, 0.3) is 0 Å². The number of nitrogens with one attached hydrogen (secondary N) is 2. The van der Waals surface area contributed by atoms with Gasteiger partial charge in [-0.25, -0.2) is 9.59 Å². The zero-order valence-corrected chi connectivity index (χ0v) is 15.4. The molecule has 3 rings (SSSR count). The largest absolute Gasteiger partial charge is 0.482 e. The third-order valence-electron chi connectivity index (χ3n) is 4.80. The van der Waals surface area contributed by atoms with Crippen LogP contribution in [0.2, 0.25) is 0 Å². The average molecular weight is 403 g/mol. The lowest BCUT2D eigenvalue weighted by molar-refractivity contribution is -0.139. The van der Waals surface area contributed by atoms with E-state index in [1.165, 1.54) is 29.0 Å². The van der Waals surface area contributed by atoms with Gasteiger partial charge in [0.1, 0.15) is 5.75 Å². The molecular formula is C19H21N3O7. The van der Waals surface area contributed by atoms with E-state index in [0.717, 1.165) is 0 Å². The number of aliphatic carboxylic acids is 1. The minimum Gasteiger partial charge on any atom is -0.482 e. The number of aromatic amines is 1. The third kappa shape index (κ3) is 4.91. The zero-order valence-electron chi connectivity index (χ0n) is 15.4. The Morgan fingerprint density at radius 2 is 2.03 bits per heavy atom. The fourth-order valence-corrected chi connectivity index (χ4v) is 3.43. The van der Waals surface area contributed by atoms with Crippen LogP contribution in [-0.4, -0.2) is 50.4 Å². The van der Waals surface area contributed by atoms with Gasteiger partial charge in [0.25, 0.3) is 11.5 Å². The second kappa shape index (κ2) is 8.74. The number of aromatic nitrogens is 2. The molecule has 10 heteroatoms. The lowest BCUT2D eigenvalue weighted by Gasteiger charge is -2.36. The van der Waals surface area contributed by atoms with Gasteiger partial charge in [-0.3, -0.25) is 19.1 Å². The van der Waals surface area contributed by atoms with Gasteiger partial charge < -0.3 is 20.3 Å². The molecule has 0 unspecified atom stereocenters. The molecule has 29 heavy (non-hydrogen) atoms. The molecule has 1 aromatic heterocycles. The molecule has 2 aromatic rings. The molecule has 0 bridgehead atoms. The summed E-state index contributed by atoms with van der Waals surface area (Å²) in [5.41, 5.74) is -0.883. The first-order valence-corrected chi connectivity index (χ1v) is 9.10. The summed E-state index contributed by atoms with van der Waals surface area (Å²) >= 11 is 0. The predicted molar refractivity (Wildman–Crippen MR) is 101 cm³/mol. The lowest BCUT2D eigenvalue weighted by atomic mass is 9.87. The maximum Gasteiger partial charge on any atom is 0.341 e. The number of hydrogen-bond acceptors (Lipinski definition) is 6. The van der Waals surface area contributed by atoms with Gasteiger partial charge in [0, 0.05) is 17.8 Å². The van der Waals surface area contributed by atoms with Gasteiger partial charge in [0.2, 0.25) is 0 Å². The quantitative estimate of drug-likeness (QED) is 0.525. The summed E-state index contributed by atoms with van der Waals surface area (Å²) in [6.45, 7) is -0.526. The Kier molecular flexibility index (Phi) is 6.13. The van der Waals surface area contributed by atoms with Gasteiger partial charge in [0.15, 0.2) is 6.61 Å².